The van der Waals surface area contributed by atoms with Crippen molar-refractivity contribution in [2.45, 2.75) is 0 Å². The average Bonchev–Trinajstić information content (AvgIpc) is 2.41. The molecule has 2 heterocycles. The second-order valence-corrected chi connectivity index (χ2v) is 3.96. The molecular weight excluding hydrogens is 242 g/mol. The SMILES string of the molecule is Nc1nc(-c2ccccc2)c2nc(N)c(N)nc2n1. The van der Waals surface area contributed by atoms with Gasteiger partial charge in [0.15, 0.2) is 17.3 Å². The largest absolute Gasteiger partial charge is 0.381 e. The number of hydrogen-bond donors (Lipinski definition) is 3. The van der Waals surface area contributed by atoms with Crippen LogP contribution in [0.1, 0.15) is 0 Å². The topological polar surface area (TPSA) is 130 Å². The summed E-state index contributed by atoms with van der Waals surface area (Å²) in [5.41, 5.74) is 19.3. The van der Waals surface area contributed by atoms with E-state index in [2.05, 4.69) is 19.9 Å². The number of rotatable bonds is 1. The minimum Gasteiger partial charge on any atom is -0.381 e. The number of nitrogens with two attached hydrogens (primary N) is 3. The first-order chi connectivity index (χ1) is 9.15. The van der Waals surface area contributed by atoms with Crippen molar-refractivity contribution in [3.05, 3.63) is 30.3 Å². The van der Waals surface area contributed by atoms with E-state index >= 15 is 0 Å². The summed E-state index contributed by atoms with van der Waals surface area (Å²) >= 11 is 0. The predicted molar refractivity (Wildman–Crippen MR) is 73.8 cm³/mol. The van der Waals surface area contributed by atoms with Crippen LogP contribution in [0.15, 0.2) is 30.3 Å². The molecule has 0 fully saturated rings. The zero-order chi connectivity index (χ0) is 13.4. The van der Waals surface area contributed by atoms with Crippen LogP contribution >= 0.6 is 0 Å². The number of aromatic nitrogens is 4. The molecule has 0 spiro atoms. The third-order valence-corrected chi connectivity index (χ3v) is 2.65. The number of hydrogen-bond acceptors (Lipinski definition) is 7. The first kappa shape index (κ1) is 11.1. The van der Waals surface area contributed by atoms with Gasteiger partial charge in [-0.2, -0.15) is 4.98 Å². The van der Waals surface area contributed by atoms with Gasteiger partial charge in [0, 0.05) is 5.56 Å². The summed E-state index contributed by atoms with van der Waals surface area (Å²) in [6.07, 6.45) is 0. The second kappa shape index (κ2) is 4.05. The molecule has 94 valence electrons. The van der Waals surface area contributed by atoms with Crippen LogP contribution in [0.4, 0.5) is 17.6 Å². The third kappa shape index (κ3) is 1.86. The highest BCUT2D eigenvalue weighted by Gasteiger charge is 2.13. The number of anilines is 3. The molecule has 1 aromatic carbocycles. The van der Waals surface area contributed by atoms with Crippen LogP contribution in [0.5, 0.6) is 0 Å². The fourth-order valence-corrected chi connectivity index (χ4v) is 1.79. The summed E-state index contributed by atoms with van der Waals surface area (Å²) in [6.45, 7) is 0. The van der Waals surface area contributed by atoms with E-state index in [0.717, 1.165) is 5.56 Å². The second-order valence-electron chi connectivity index (χ2n) is 3.96. The summed E-state index contributed by atoms with van der Waals surface area (Å²) in [6, 6.07) is 9.50. The van der Waals surface area contributed by atoms with Gasteiger partial charge in [-0.25, -0.2) is 15.0 Å². The van der Waals surface area contributed by atoms with Crippen molar-refractivity contribution in [2.75, 3.05) is 17.2 Å². The molecule has 6 N–H and O–H groups in total. The van der Waals surface area contributed by atoms with E-state index < -0.39 is 0 Å². The van der Waals surface area contributed by atoms with Gasteiger partial charge in [0.2, 0.25) is 5.95 Å². The van der Waals surface area contributed by atoms with Gasteiger partial charge < -0.3 is 17.2 Å². The Morgan fingerprint density at radius 2 is 1.42 bits per heavy atom. The van der Waals surface area contributed by atoms with Crippen LogP contribution in [-0.4, -0.2) is 19.9 Å². The minimum absolute atomic E-state index is 0.116. The van der Waals surface area contributed by atoms with Gasteiger partial charge in [0.25, 0.3) is 0 Å². The lowest BCUT2D eigenvalue weighted by Gasteiger charge is -2.07. The van der Waals surface area contributed by atoms with Crippen molar-refractivity contribution in [3.8, 4) is 11.3 Å². The highest BCUT2D eigenvalue weighted by molar-refractivity contribution is 5.89. The molecule has 7 nitrogen and oxygen atoms in total. The Morgan fingerprint density at radius 3 is 2.16 bits per heavy atom. The summed E-state index contributed by atoms with van der Waals surface area (Å²) in [5, 5.41) is 0. The Balaban J connectivity index is 2.38. The van der Waals surface area contributed by atoms with Crippen molar-refractivity contribution in [1.29, 1.82) is 0 Å². The smallest absolute Gasteiger partial charge is 0.222 e. The van der Waals surface area contributed by atoms with Crippen molar-refractivity contribution >= 4 is 28.7 Å². The van der Waals surface area contributed by atoms with Crippen LogP contribution < -0.4 is 17.2 Å². The molecule has 0 radical (unpaired) electrons. The summed E-state index contributed by atoms with van der Waals surface area (Å²) in [7, 11) is 0. The van der Waals surface area contributed by atoms with Crippen LogP contribution in [0, 0.1) is 0 Å². The highest BCUT2D eigenvalue weighted by Crippen LogP contribution is 2.26. The lowest BCUT2D eigenvalue weighted by atomic mass is 10.1. The molecule has 3 aromatic rings. The maximum atomic E-state index is 5.69. The lowest BCUT2D eigenvalue weighted by molar-refractivity contribution is 1.17. The van der Waals surface area contributed by atoms with E-state index in [0.29, 0.717) is 16.9 Å². The lowest BCUT2D eigenvalue weighted by Crippen LogP contribution is -2.06. The molecule has 2 aromatic heterocycles. The monoisotopic (exact) mass is 253 g/mol. The molecular formula is C12H11N7. The number of benzene rings is 1. The van der Waals surface area contributed by atoms with Gasteiger partial charge >= 0.3 is 0 Å². The van der Waals surface area contributed by atoms with Gasteiger partial charge in [-0.1, -0.05) is 30.3 Å². The van der Waals surface area contributed by atoms with Crippen LogP contribution in [0.3, 0.4) is 0 Å². The summed E-state index contributed by atoms with van der Waals surface area (Å²) in [4.78, 5) is 16.5. The first-order valence-corrected chi connectivity index (χ1v) is 5.57. The van der Waals surface area contributed by atoms with Crippen molar-refractivity contribution in [1.82, 2.24) is 19.9 Å². The number of nitrogen functional groups attached to an aromatic ring is 3. The molecule has 0 atom stereocenters. The maximum absolute atomic E-state index is 5.69. The van der Waals surface area contributed by atoms with Crippen molar-refractivity contribution < 1.29 is 0 Å². The average molecular weight is 253 g/mol. The third-order valence-electron chi connectivity index (χ3n) is 2.65. The van der Waals surface area contributed by atoms with E-state index in [1.54, 1.807) is 0 Å². The van der Waals surface area contributed by atoms with Crippen molar-refractivity contribution in [3.63, 3.8) is 0 Å². The van der Waals surface area contributed by atoms with E-state index in [4.69, 9.17) is 17.2 Å². The quantitative estimate of drug-likeness (QED) is 0.585. The molecule has 0 amide bonds. The molecule has 0 unspecified atom stereocenters. The van der Waals surface area contributed by atoms with Crippen LogP contribution in [0.25, 0.3) is 22.4 Å². The molecule has 7 heteroatoms. The van der Waals surface area contributed by atoms with Crippen molar-refractivity contribution in [2.24, 2.45) is 0 Å². The van der Waals surface area contributed by atoms with E-state index in [9.17, 15) is 0 Å². The Kier molecular flexibility index (Phi) is 2.38. The minimum atomic E-state index is 0.116. The van der Waals surface area contributed by atoms with E-state index in [1.165, 1.54) is 0 Å². The van der Waals surface area contributed by atoms with Crippen LogP contribution in [-0.2, 0) is 0 Å². The zero-order valence-electron chi connectivity index (χ0n) is 9.91. The Bertz CT molecular complexity index is 755. The molecule has 0 aliphatic rings. The fraction of sp³-hybridized carbons (Fsp3) is 0. The Hall–Kier alpha value is -2.96. The zero-order valence-corrected chi connectivity index (χ0v) is 9.91. The Morgan fingerprint density at radius 1 is 0.737 bits per heavy atom. The number of fused-ring (bicyclic) bond motifs is 1. The predicted octanol–water partition coefficient (Wildman–Crippen LogP) is 0.833. The molecule has 0 aliphatic heterocycles. The normalized spacial score (nSPS) is 10.7. The van der Waals surface area contributed by atoms with E-state index in [1.807, 2.05) is 30.3 Å². The van der Waals surface area contributed by atoms with Gasteiger partial charge in [0.05, 0.1) is 0 Å². The molecule has 0 saturated heterocycles. The van der Waals surface area contributed by atoms with Gasteiger partial charge in [0.1, 0.15) is 11.2 Å². The maximum Gasteiger partial charge on any atom is 0.222 e. The molecule has 0 bridgehead atoms. The fourth-order valence-electron chi connectivity index (χ4n) is 1.79. The van der Waals surface area contributed by atoms with Crippen LogP contribution in [0.2, 0.25) is 0 Å². The van der Waals surface area contributed by atoms with Gasteiger partial charge in [-0.15, -0.1) is 0 Å². The molecule has 0 saturated carbocycles. The molecule has 19 heavy (non-hydrogen) atoms. The van der Waals surface area contributed by atoms with E-state index in [-0.39, 0.29) is 17.6 Å². The highest BCUT2D eigenvalue weighted by atomic mass is 15.1. The standard InChI is InChI=1S/C12H11N7/c13-9-10(14)18-11-8(16-9)7(17-12(15)19-11)6-4-2-1-3-5-6/h1-5H,(H2,13,16)(H4,14,15,17,18,19). The summed E-state index contributed by atoms with van der Waals surface area (Å²) in [5.74, 6) is 0.396. The summed E-state index contributed by atoms with van der Waals surface area (Å²) < 4.78 is 0. The number of nitrogens with zero attached hydrogens (tertiary/aromatic N) is 4. The molecule has 0 aliphatic carbocycles. The van der Waals surface area contributed by atoms with Gasteiger partial charge in [-0.3, -0.25) is 0 Å². The molecule has 3 rings (SSSR count). The first-order valence-electron chi connectivity index (χ1n) is 5.57. The Labute approximate surface area is 108 Å². The van der Waals surface area contributed by atoms with Gasteiger partial charge in [-0.05, 0) is 0 Å².